The highest BCUT2D eigenvalue weighted by atomic mass is 35.5. The number of halogens is 1. The van der Waals surface area contributed by atoms with Gasteiger partial charge in [-0.2, -0.15) is 0 Å². The van der Waals surface area contributed by atoms with Gasteiger partial charge in [0.2, 0.25) is 0 Å². The third-order valence-electron chi connectivity index (χ3n) is 3.06. The van der Waals surface area contributed by atoms with Crippen molar-refractivity contribution in [2.24, 2.45) is 0 Å². The fourth-order valence-electron chi connectivity index (χ4n) is 2.09. The Bertz CT molecular complexity index is 934. The van der Waals surface area contributed by atoms with Crippen LogP contribution in [-0.4, -0.2) is 23.7 Å². The van der Waals surface area contributed by atoms with E-state index >= 15 is 0 Å². The van der Waals surface area contributed by atoms with Crippen LogP contribution in [0.1, 0.15) is 10.4 Å². The molecule has 0 fully saturated rings. The molecule has 0 aliphatic rings. The second-order valence-electron chi connectivity index (χ2n) is 4.31. The van der Waals surface area contributed by atoms with Crippen LogP contribution in [0.3, 0.4) is 0 Å². The van der Waals surface area contributed by atoms with Crippen molar-refractivity contribution in [3.05, 3.63) is 59.4 Å². The van der Waals surface area contributed by atoms with Gasteiger partial charge in [-0.25, -0.2) is 17.4 Å². The molecule has 0 unspecified atom stereocenters. The number of hydrogen-bond acceptors (Lipinski definition) is 4. The van der Waals surface area contributed by atoms with E-state index < -0.39 is 10.0 Å². The molecule has 21 heavy (non-hydrogen) atoms. The Labute approximate surface area is 125 Å². The Morgan fingerprint density at radius 2 is 1.86 bits per heavy atom. The van der Waals surface area contributed by atoms with Gasteiger partial charge in [0, 0.05) is 23.3 Å². The molecule has 3 rings (SSSR count). The van der Waals surface area contributed by atoms with Crippen molar-refractivity contribution >= 4 is 38.9 Å². The maximum atomic E-state index is 12.7. The molecule has 2 aromatic heterocycles. The summed E-state index contributed by atoms with van der Waals surface area (Å²) in [6.45, 7) is 0. The van der Waals surface area contributed by atoms with Gasteiger partial charge < -0.3 is 0 Å². The van der Waals surface area contributed by atoms with Crippen LogP contribution in [0.25, 0.3) is 11.0 Å². The Hall–Kier alpha value is -2.18. The van der Waals surface area contributed by atoms with Crippen LogP contribution in [0.15, 0.2) is 53.7 Å². The molecule has 0 amide bonds. The second-order valence-corrected chi connectivity index (χ2v) is 6.53. The number of hydrogen-bond donors (Lipinski definition) is 0. The molecule has 0 bridgehead atoms. The molecule has 0 spiro atoms. The van der Waals surface area contributed by atoms with E-state index in [0.717, 1.165) is 3.97 Å². The van der Waals surface area contributed by atoms with Crippen LogP contribution in [0.4, 0.5) is 0 Å². The minimum atomic E-state index is -3.83. The minimum absolute atomic E-state index is 0.112. The van der Waals surface area contributed by atoms with Crippen LogP contribution in [-0.2, 0) is 10.0 Å². The summed E-state index contributed by atoms with van der Waals surface area (Å²) < 4.78 is 26.3. The molecule has 2 heterocycles. The first-order chi connectivity index (χ1) is 10.1. The van der Waals surface area contributed by atoms with E-state index in [0.29, 0.717) is 11.7 Å². The lowest BCUT2D eigenvalue weighted by Gasteiger charge is -2.06. The largest absolute Gasteiger partial charge is 0.298 e. The zero-order chi connectivity index (χ0) is 15.0. The first-order valence-corrected chi connectivity index (χ1v) is 7.79. The third-order valence-corrected chi connectivity index (χ3v) is 5.04. The van der Waals surface area contributed by atoms with Crippen molar-refractivity contribution in [3.63, 3.8) is 0 Å². The molecule has 0 radical (unpaired) electrons. The number of aromatic nitrogens is 2. The quantitative estimate of drug-likeness (QED) is 0.696. The Kier molecular flexibility index (Phi) is 3.27. The lowest BCUT2D eigenvalue weighted by molar-refractivity contribution is 0.112. The summed E-state index contributed by atoms with van der Waals surface area (Å²) in [4.78, 5) is 15.3. The molecule has 0 aliphatic carbocycles. The van der Waals surface area contributed by atoms with Gasteiger partial charge in [-0.3, -0.25) is 4.79 Å². The van der Waals surface area contributed by atoms with Crippen LogP contribution >= 0.6 is 11.6 Å². The van der Waals surface area contributed by atoms with Crippen molar-refractivity contribution < 1.29 is 13.2 Å². The van der Waals surface area contributed by atoms with Gasteiger partial charge in [0.1, 0.15) is 0 Å². The molecule has 1 aromatic carbocycles. The number of carbonyl (C=O) groups is 1. The molecule has 106 valence electrons. The number of fused-ring (bicyclic) bond motifs is 1. The lowest BCUT2D eigenvalue weighted by Crippen LogP contribution is -2.12. The number of pyridine rings is 1. The van der Waals surface area contributed by atoms with Crippen molar-refractivity contribution in [2.75, 3.05) is 0 Å². The Morgan fingerprint density at radius 3 is 2.52 bits per heavy atom. The standard InChI is InChI=1S/C14H9ClN2O3S/c15-12-6-7-16-14-13(12)10(9-18)8-17(14)21(19,20)11-4-2-1-3-5-11/h1-9H. The average molecular weight is 321 g/mol. The third kappa shape index (κ3) is 2.12. The van der Waals surface area contributed by atoms with Gasteiger partial charge >= 0.3 is 0 Å². The van der Waals surface area contributed by atoms with Crippen molar-refractivity contribution in [3.8, 4) is 0 Å². The molecule has 0 saturated carbocycles. The number of rotatable bonds is 3. The number of aldehydes is 1. The highest BCUT2D eigenvalue weighted by Gasteiger charge is 2.22. The van der Waals surface area contributed by atoms with E-state index in [1.54, 1.807) is 18.2 Å². The second kappa shape index (κ2) is 4.98. The van der Waals surface area contributed by atoms with Crippen LogP contribution in [0.5, 0.6) is 0 Å². The zero-order valence-electron chi connectivity index (χ0n) is 10.6. The molecule has 0 saturated heterocycles. The molecular weight excluding hydrogens is 312 g/mol. The molecular formula is C14H9ClN2O3S. The molecule has 0 N–H and O–H groups in total. The van der Waals surface area contributed by atoms with E-state index in [4.69, 9.17) is 11.6 Å². The van der Waals surface area contributed by atoms with E-state index in [9.17, 15) is 13.2 Å². The number of nitrogens with zero attached hydrogens (tertiary/aromatic N) is 2. The summed E-state index contributed by atoms with van der Waals surface area (Å²) in [6.07, 6.45) is 3.20. The Morgan fingerprint density at radius 1 is 1.14 bits per heavy atom. The van der Waals surface area contributed by atoms with Crippen molar-refractivity contribution in [2.45, 2.75) is 4.90 Å². The highest BCUT2D eigenvalue weighted by Crippen LogP contribution is 2.28. The van der Waals surface area contributed by atoms with Gasteiger partial charge in [0.05, 0.1) is 9.92 Å². The fraction of sp³-hybridized carbons (Fsp3) is 0. The molecule has 0 atom stereocenters. The molecule has 7 heteroatoms. The van der Waals surface area contributed by atoms with E-state index in [-0.39, 0.29) is 21.1 Å². The molecule has 3 aromatic rings. The zero-order valence-corrected chi connectivity index (χ0v) is 12.2. The van der Waals surface area contributed by atoms with E-state index in [1.165, 1.54) is 30.6 Å². The number of carbonyl (C=O) groups excluding carboxylic acids is 1. The van der Waals surface area contributed by atoms with Crippen LogP contribution in [0.2, 0.25) is 5.02 Å². The summed E-state index contributed by atoms with van der Waals surface area (Å²) in [5.41, 5.74) is 0.316. The fourth-order valence-corrected chi connectivity index (χ4v) is 3.69. The highest BCUT2D eigenvalue weighted by molar-refractivity contribution is 7.90. The van der Waals surface area contributed by atoms with E-state index in [2.05, 4.69) is 4.98 Å². The van der Waals surface area contributed by atoms with Gasteiger partial charge in [-0.05, 0) is 18.2 Å². The van der Waals surface area contributed by atoms with Gasteiger partial charge in [0.15, 0.2) is 11.9 Å². The van der Waals surface area contributed by atoms with Crippen LogP contribution in [0, 0.1) is 0 Å². The lowest BCUT2D eigenvalue weighted by atomic mass is 10.2. The predicted molar refractivity (Wildman–Crippen MR) is 79.2 cm³/mol. The summed E-state index contributed by atoms with van der Waals surface area (Å²) >= 11 is 6.04. The molecule has 5 nitrogen and oxygen atoms in total. The summed E-state index contributed by atoms with van der Waals surface area (Å²) in [7, 11) is -3.83. The monoisotopic (exact) mass is 320 g/mol. The normalized spacial score (nSPS) is 11.7. The van der Waals surface area contributed by atoms with Crippen molar-refractivity contribution in [1.82, 2.24) is 8.96 Å². The SMILES string of the molecule is O=Cc1cn(S(=O)(=O)c2ccccc2)c2nccc(Cl)c12. The summed E-state index contributed by atoms with van der Waals surface area (Å²) in [6, 6.07) is 9.44. The van der Waals surface area contributed by atoms with Gasteiger partial charge in [0.25, 0.3) is 10.0 Å². The average Bonchev–Trinajstić information content (AvgIpc) is 2.89. The van der Waals surface area contributed by atoms with Gasteiger partial charge in [-0.15, -0.1) is 0 Å². The maximum Gasteiger partial charge on any atom is 0.269 e. The van der Waals surface area contributed by atoms with Crippen LogP contribution < -0.4 is 0 Å². The first-order valence-electron chi connectivity index (χ1n) is 5.97. The van der Waals surface area contributed by atoms with Gasteiger partial charge in [-0.1, -0.05) is 29.8 Å². The van der Waals surface area contributed by atoms with Crippen molar-refractivity contribution in [1.29, 1.82) is 0 Å². The topological polar surface area (TPSA) is 69.0 Å². The maximum absolute atomic E-state index is 12.7. The minimum Gasteiger partial charge on any atom is -0.298 e. The van der Waals surface area contributed by atoms with E-state index in [1.807, 2.05) is 0 Å². The first kappa shape index (κ1) is 13.8. The summed E-state index contributed by atoms with van der Waals surface area (Å²) in [5.74, 6) is 0. The predicted octanol–water partition coefficient (Wildman–Crippen LogP) is 2.74. The summed E-state index contributed by atoms with van der Waals surface area (Å²) in [5, 5.41) is 0.609. The smallest absolute Gasteiger partial charge is 0.269 e. The molecule has 0 aliphatic heterocycles. The number of benzene rings is 1. The Balaban J connectivity index is 2.37.